The summed E-state index contributed by atoms with van der Waals surface area (Å²) in [5, 5.41) is 2.68. The number of hydrogen-bond acceptors (Lipinski definition) is 5. The third-order valence-electron chi connectivity index (χ3n) is 6.75. The van der Waals surface area contributed by atoms with E-state index in [1.54, 1.807) is 30.3 Å². The topological polar surface area (TPSA) is 113 Å². The van der Waals surface area contributed by atoms with Gasteiger partial charge in [0.2, 0.25) is 5.91 Å². The Hall–Kier alpha value is -4.15. The van der Waals surface area contributed by atoms with Crippen LogP contribution in [0.5, 0.6) is 0 Å². The maximum atomic E-state index is 13.6. The lowest BCUT2D eigenvalue weighted by Gasteiger charge is -2.25. The highest BCUT2D eigenvalue weighted by Gasteiger charge is 2.27. The predicted octanol–water partition coefficient (Wildman–Crippen LogP) is 5.86. The van der Waals surface area contributed by atoms with E-state index in [-0.39, 0.29) is 9.79 Å². The Kier molecular flexibility index (Phi) is 8.55. The molecule has 0 unspecified atom stereocenters. The highest BCUT2D eigenvalue weighted by Crippen LogP contribution is 2.27. The average molecular weight is 592 g/mol. The van der Waals surface area contributed by atoms with Crippen molar-refractivity contribution in [2.45, 2.75) is 44.4 Å². The van der Waals surface area contributed by atoms with Crippen LogP contribution in [0, 0.1) is 34.6 Å². The molecule has 214 valence electrons. The Morgan fingerprint density at radius 3 is 1.88 bits per heavy atom. The zero-order chi connectivity index (χ0) is 29.9. The molecule has 0 radical (unpaired) electrons. The number of hydrogen-bond donors (Lipinski definition) is 2. The van der Waals surface area contributed by atoms with Crippen LogP contribution in [-0.2, 0) is 24.8 Å². The van der Waals surface area contributed by atoms with Gasteiger partial charge in [-0.2, -0.15) is 0 Å². The molecule has 0 aliphatic carbocycles. The Bertz CT molecular complexity index is 1800. The van der Waals surface area contributed by atoms with Gasteiger partial charge in [-0.1, -0.05) is 41.5 Å². The molecule has 2 N–H and O–H groups in total. The molecular formula is C31H33N3O5S2. The van der Waals surface area contributed by atoms with E-state index in [2.05, 4.69) is 10.0 Å². The van der Waals surface area contributed by atoms with Crippen LogP contribution in [-0.4, -0.2) is 29.3 Å². The molecule has 0 bridgehead atoms. The minimum absolute atomic E-state index is 0.0224. The van der Waals surface area contributed by atoms with Crippen LogP contribution in [0.15, 0.2) is 94.7 Å². The second-order valence-electron chi connectivity index (χ2n) is 10.1. The fraction of sp³-hybridized carbons (Fsp3) is 0.194. The van der Waals surface area contributed by atoms with Crippen molar-refractivity contribution in [1.82, 2.24) is 0 Å². The van der Waals surface area contributed by atoms with Crippen molar-refractivity contribution in [3.8, 4) is 0 Å². The molecule has 0 aliphatic heterocycles. The number of aryl methyl sites for hydroxylation is 5. The number of carbonyl (C=O) groups excluding carboxylic acids is 1. The van der Waals surface area contributed by atoms with E-state index >= 15 is 0 Å². The zero-order valence-corrected chi connectivity index (χ0v) is 25.2. The number of nitrogens with zero attached hydrogens (tertiary/aromatic N) is 1. The van der Waals surface area contributed by atoms with Gasteiger partial charge in [0.1, 0.15) is 6.54 Å². The molecule has 4 aromatic carbocycles. The molecule has 4 rings (SSSR count). The van der Waals surface area contributed by atoms with Crippen LogP contribution in [0.25, 0.3) is 0 Å². The van der Waals surface area contributed by atoms with Crippen LogP contribution in [0.2, 0.25) is 0 Å². The van der Waals surface area contributed by atoms with Crippen molar-refractivity contribution < 1.29 is 21.6 Å². The van der Waals surface area contributed by atoms with Crippen LogP contribution >= 0.6 is 0 Å². The van der Waals surface area contributed by atoms with E-state index in [0.29, 0.717) is 17.1 Å². The zero-order valence-electron chi connectivity index (χ0n) is 23.6. The molecule has 0 saturated carbocycles. The van der Waals surface area contributed by atoms with Crippen molar-refractivity contribution in [3.63, 3.8) is 0 Å². The largest absolute Gasteiger partial charge is 0.325 e. The lowest BCUT2D eigenvalue weighted by atomic mass is 10.1. The van der Waals surface area contributed by atoms with Gasteiger partial charge in [0, 0.05) is 5.69 Å². The third-order valence-corrected chi connectivity index (χ3v) is 9.92. The second kappa shape index (κ2) is 11.8. The summed E-state index contributed by atoms with van der Waals surface area (Å²) in [6, 6.07) is 22.8. The summed E-state index contributed by atoms with van der Waals surface area (Å²) >= 11 is 0. The number of anilines is 3. The Morgan fingerprint density at radius 2 is 1.27 bits per heavy atom. The summed E-state index contributed by atoms with van der Waals surface area (Å²) in [5.41, 5.74) is 5.78. The van der Waals surface area contributed by atoms with Gasteiger partial charge in [-0.3, -0.25) is 13.8 Å². The summed E-state index contributed by atoms with van der Waals surface area (Å²) in [7, 11) is -7.93. The maximum Gasteiger partial charge on any atom is 0.264 e. The smallest absolute Gasteiger partial charge is 0.264 e. The van der Waals surface area contributed by atoms with Crippen LogP contribution < -0.4 is 14.3 Å². The van der Waals surface area contributed by atoms with Crippen molar-refractivity contribution in [2.75, 3.05) is 20.9 Å². The van der Waals surface area contributed by atoms with E-state index in [1.165, 1.54) is 36.4 Å². The van der Waals surface area contributed by atoms with Crippen LogP contribution in [0.1, 0.15) is 27.8 Å². The molecule has 0 spiro atoms. The normalized spacial score (nSPS) is 11.6. The molecule has 0 aliphatic rings. The SMILES string of the molecule is Cc1ccc(S(=O)(=O)N(CC(=O)Nc2ccc(S(=O)(=O)Nc3ccc(C)cc3C)cc2)c2ccc(C)c(C)c2)cc1. The minimum Gasteiger partial charge on any atom is -0.325 e. The summed E-state index contributed by atoms with van der Waals surface area (Å²) in [5.74, 6) is -0.581. The van der Waals surface area contributed by atoms with E-state index in [9.17, 15) is 21.6 Å². The number of carbonyl (C=O) groups is 1. The first-order valence-corrected chi connectivity index (χ1v) is 15.9. The van der Waals surface area contributed by atoms with Gasteiger partial charge in [-0.05, 0) is 106 Å². The third kappa shape index (κ3) is 6.96. The highest BCUT2D eigenvalue weighted by atomic mass is 32.2. The molecular weight excluding hydrogens is 558 g/mol. The summed E-state index contributed by atoms with van der Waals surface area (Å²) < 4.78 is 56.8. The Morgan fingerprint density at radius 1 is 0.659 bits per heavy atom. The van der Waals surface area contributed by atoms with Gasteiger partial charge in [0.05, 0.1) is 21.2 Å². The van der Waals surface area contributed by atoms with E-state index in [0.717, 1.165) is 32.1 Å². The first-order chi connectivity index (χ1) is 19.3. The average Bonchev–Trinajstić information content (AvgIpc) is 2.91. The number of rotatable bonds is 9. The lowest BCUT2D eigenvalue weighted by Crippen LogP contribution is -2.38. The van der Waals surface area contributed by atoms with Crippen molar-refractivity contribution in [2.24, 2.45) is 0 Å². The van der Waals surface area contributed by atoms with Gasteiger partial charge in [-0.25, -0.2) is 16.8 Å². The number of sulfonamides is 2. The Balaban J connectivity index is 1.55. The maximum absolute atomic E-state index is 13.6. The number of nitrogens with one attached hydrogen (secondary N) is 2. The molecule has 10 heteroatoms. The minimum atomic E-state index is -4.07. The molecule has 4 aromatic rings. The molecule has 0 heterocycles. The standard InChI is InChI=1S/C31H33N3O5S2/c1-21-6-13-29(14-7-21)41(38,39)34(27-12-9-23(3)24(4)19-27)20-31(35)32-26-10-15-28(16-11-26)40(36,37)33-30-17-8-22(2)18-25(30)5/h6-19,33H,20H2,1-5H3,(H,32,35). The first kappa shape index (κ1) is 29.8. The van der Waals surface area contributed by atoms with Gasteiger partial charge < -0.3 is 5.32 Å². The van der Waals surface area contributed by atoms with E-state index in [1.807, 2.05) is 52.8 Å². The lowest BCUT2D eigenvalue weighted by molar-refractivity contribution is -0.114. The van der Waals surface area contributed by atoms with Crippen molar-refractivity contribution in [1.29, 1.82) is 0 Å². The fourth-order valence-electron chi connectivity index (χ4n) is 4.21. The van der Waals surface area contributed by atoms with Gasteiger partial charge in [0.25, 0.3) is 20.0 Å². The van der Waals surface area contributed by atoms with Crippen molar-refractivity contribution in [3.05, 3.63) is 113 Å². The van der Waals surface area contributed by atoms with Gasteiger partial charge in [-0.15, -0.1) is 0 Å². The molecule has 1 amide bonds. The quantitative estimate of drug-likeness (QED) is 0.253. The molecule has 8 nitrogen and oxygen atoms in total. The number of amides is 1. The van der Waals surface area contributed by atoms with E-state index in [4.69, 9.17) is 0 Å². The molecule has 0 saturated heterocycles. The van der Waals surface area contributed by atoms with Crippen molar-refractivity contribution >= 4 is 43.0 Å². The molecule has 0 fully saturated rings. The summed E-state index contributed by atoms with van der Waals surface area (Å²) in [6.45, 7) is 8.93. The molecule has 0 atom stereocenters. The van der Waals surface area contributed by atoms with Crippen LogP contribution in [0.3, 0.4) is 0 Å². The first-order valence-electron chi connectivity index (χ1n) is 12.9. The highest BCUT2D eigenvalue weighted by molar-refractivity contribution is 7.93. The number of benzene rings is 4. The van der Waals surface area contributed by atoms with Gasteiger partial charge in [0.15, 0.2) is 0 Å². The molecule has 41 heavy (non-hydrogen) atoms. The monoisotopic (exact) mass is 591 g/mol. The predicted molar refractivity (Wildman–Crippen MR) is 163 cm³/mol. The van der Waals surface area contributed by atoms with Gasteiger partial charge >= 0.3 is 0 Å². The second-order valence-corrected chi connectivity index (χ2v) is 13.6. The summed E-state index contributed by atoms with van der Waals surface area (Å²) in [4.78, 5) is 13.2. The fourth-order valence-corrected chi connectivity index (χ4v) is 6.76. The van der Waals surface area contributed by atoms with E-state index < -0.39 is 32.5 Å². The molecule has 0 aromatic heterocycles. The Labute approximate surface area is 242 Å². The summed E-state index contributed by atoms with van der Waals surface area (Å²) in [6.07, 6.45) is 0. The van der Waals surface area contributed by atoms with Crippen LogP contribution in [0.4, 0.5) is 17.1 Å².